The second-order valence-electron chi connectivity index (χ2n) is 25.7. The summed E-state index contributed by atoms with van der Waals surface area (Å²) in [5, 5.41) is 14.1. The van der Waals surface area contributed by atoms with Gasteiger partial charge in [0.05, 0.1) is 44.1 Å². The third-order valence-electron chi connectivity index (χ3n) is 20.0. The van der Waals surface area contributed by atoms with Gasteiger partial charge >= 0.3 is 0 Å². The van der Waals surface area contributed by atoms with E-state index in [1.54, 1.807) is 11.3 Å². The van der Waals surface area contributed by atoms with Crippen molar-refractivity contribution in [2.24, 2.45) is 0 Å². The van der Waals surface area contributed by atoms with Gasteiger partial charge in [0.25, 0.3) is 0 Å². The Hall–Kier alpha value is -13.3. The van der Waals surface area contributed by atoms with Crippen molar-refractivity contribution in [3.8, 4) is 68.8 Å². The lowest BCUT2D eigenvalue weighted by atomic mass is 10.1. The Kier molecular flexibility index (Phi) is 13.1. The first-order valence-corrected chi connectivity index (χ1v) is 35.7. The van der Waals surface area contributed by atoms with Crippen LogP contribution in [0, 0.1) is 0 Å². The zero-order valence-electron chi connectivity index (χ0n) is 54.5. The molecule has 0 radical (unpaired) electrons. The molecule has 22 aromatic rings. The van der Waals surface area contributed by atoms with Gasteiger partial charge in [0, 0.05) is 117 Å². The molecular formula is C90H54N10S2. The van der Waals surface area contributed by atoms with Crippen LogP contribution in [-0.4, -0.2) is 48.2 Å². The van der Waals surface area contributed by atoms with Crippen LogP contribution in [0.1, 0.15) is 0 Å². The summed E-state index contributed by atoms with van der Waals surface area (Å²) in [4.78, 5) is 31.6. The van der Waals surface area contributed by atoms with Crippen LogP contribution in [-0.2, 0) is 0 Å². The van der Waals surface area contributed by atoms with E-state index in [1.165, 1.54) is 51.1 Å². The molecule has 10 nitrogen and oxygen atoms in total. The van der Waals surface area contributed by atoms with Crippen molar-refractivity contribution in [3.63, 3.8) is 0 Å². The lowest BCUT2D eigenvalue weighted by molar-refractivity contribution is 0.955. The predicted octanol–water partition coefficient (Wildman–Crippen LogP) is 23.5. The van der Waals surface area contributed by atoms with Crippen molar-refractivity contribution in [1.29, 1.82) is 0 Å². The van der Waals surface area contributed by atoms with E-state index in [9.17, 15) is 0 Å². The van der Waals surface area contributed by atoms with Gasteiger partial charge in [-0.15, -0.1) is 22.7 Å². The number of rotatable bonds is 8. The van der Waals surface area contributed by atoms with Crippen molar-refractivity contribution in [3.05, 3.63) is 328 Å². The Morgan fingerprint density at radius 2 is 0.588 bits per heavy atom. The molecule has 8 aromatic heterocycles. The molecule has 14 aromatic carbocycles. The van der Waals surface area contributed by atoms with Crippen molar-refractivity contribution in [1.82, 2.24) is 48.2 Å². The number of nitrogens with zero attached hydrogens (tertiary/aromatic N) is 10. The van der Waals surface area contributed by atoms with Gasteiger partial charge in [-0.3, -0.25) is 9.13 Å². The molecule has 22 rings (SSSR count). The molecule has 0 spiro atoms. The molecule has 0 atom stereocenters. The molecule has 0 saturated carbocycles. The first-order valence-electron chi connectivity index (χ1n) is 34.1. The normalized spacial score (nSPS) is 11.9. The Morgan fingerprint density at radius 1 is 0.206 bits per heavy atom. The molecule has 0 aliphatic heterocycles. The van der Waals surface area contributed by atoms with Crippen LogP contribution in [0.15, 0.2) is 328 Å². The molecule has 0 amide bonds. The van der Waals surface area contributed by atoms with E-state index in [-0.39, 0.29) is 0 Å². The third-order valence-corrected chi connectivity index (χ3v) is 22.2. The van der Waals surface area contributed by atoms with Gasteiger partial charge < -0.3 is 9.13 Å². The predicted molar refractivity (Wildman–Crippen MR) is 425 cm³/mol. The molecule has 0 unspecified atom stereocenters. The first kappa shape index (κ1) is 57.8. The smallest absolute Gasteiger partial charge is 0.238 e. The van der Waals surface area contributed by atoms with Crippen LogP contribution < -0.4 is 0 Å². The minimum atomic E-state index is 0.587. The zero-order chi connectivity index (χ0) is 66.9. The monoisotopic (exact) mass is 1340 g/mol. The van der Waals surface area contributed by atoms with E-state index >= 15 is 0 Å². The summed E-state index contributed by atoms with van der Waals surface area (Å²) in [5.41, 5.74) is 14.9. The number of para-hydroxylation sites is 6. The van der Waals surface area contributed by atoms with Crippen LogP contribution >= 0.6 is 22.7 Å². The Balaban J connectivity index is 0.000000133. The van der Waals surface area contributed by atoms with Crippen LogP contribution in [0.2, 0.25) is 0 Å². The van der Waals surface area contributed by atoms with E-state index in [4.69, 9.17) is 29.9 Å². The van der Waals surface area contributed by atoms with Crippen LogP contribution in [0.5, 0.6) is 0 Å². The van der Waals surface area contributed by atoms with Crippen LogP contribution in [0.3, 0.4) is 0 Å². The van der Waals surface area contributed by atoms with Gasteiger partial charge in [0.1, 0.15) is 0 Å². The summed E-state index contributed by atoms with van der Waals surface area (Å²) in [6.07, 6.45) is 0. The van der Waals surface area contributed by atoms with Gasteiger partial charge in [-0.25, -0.2) is 9.97 Å². The van der Waals surface area contributed by atoms with Gasteiger partial charge in [-0.05, 0) is 97.1 Å². The molecule has 0 N–H and O–H groups in total. The highest BCUT2D eigenvalue weighted by Crippen LogP contribution is 2.46. The fraction of sp³-hybridized carbons (Fsp3) is 0. The van der Waals surface area contributed by atoms with Gasteiger partial charge in [-0.1, -0.05) is 231 Å². The maximum Gasteiger partial charge on any atom is 0.238 e. The molecule has 0 saturated heterocycles. The molecule has 0 bridgehead atoms. The van der Waals surface area contributed by atoms with Crippen molar-refractivity contribution >= 4 is 150 Å². The molecule has 102 heavy (non-hydrogen) atoms. The number of fused-ring (bicyclic) bond motifs is 20. The number of hydrogen-bond donors (Lipinski definition) is 0. The highest BCUT2D eigenvalue weighted by molar-refractivity contribution is 7.26. The lowest BCUT2D eigenvalue weighted by Crippen LogP contribution is -2.06. The summed E-state index contributed by atoms with van der Waals surface area (Å²) in [7, 11) is 0. The number of aromatic nitrogens is 10. The molecule has 0 fully saturated rings. The Bertz CT molecular complexity index is 7130. The summed E-state index contributed by atoms with van der Waals surface area (Å²) in [6.45, 7) is 0. The van der Waals surface area contributed by atoms with Crippen molar-refractivity contribution < 1.29 is 0 Å². The highest BCUT2D eigenvalue weighted by atomic mass is 32.1. The van der Waals surface area contributed by atoms with Gasteiger partial charge in [0.2, 0.25) is 11.9 Å². The minimum absolute atomic E-state index is 0.587. The second-order valence-corrected chi connectivity index (χ2v) is 27.8. The van der Waals surface area contributed by atoms with E-state index in [1.807, 2.05) is 47.7 Å². The van der Waals surface area contributed by atoms with E-state index in [2.05, 4.69) is 309 Å². The lowest BCUT2D eigenvalue weighted by Gasteiger charge is -2.12. The maximum atomic E-state index is 5.40. The standard InChI is InChI=1S/2C45H27N5S/c1-3-14-28(15-4-1)43-46-44(34-21-13-25-39-40(34)33-20-9-12-24-38(33)51-39)48-45(47-43)50-35-22-10-7-18-30(35)31-26-27-37-41(42(31)50)32-19-8-11-23-36(32)49(37)29-16-5-2-6-17-29;1-3-13-28(14-4-1)43-46-44(29-23-26-40-35(27-29)32-18-9-12-22-39(32)51-40)48-45(47-43)50-36-20-10-7-17-31(36)33-24-25-38-41(42(33)50)34-19-8-11-21-37(34)49(38)30-15-5-2-6-16-30/h2*1-27H. The largest absolute Gasteiger partial charge is 0.309 e. The molecular weight excluding hydrogens is 1290 g/mol. The van der Waals surface area contributed by atoms with Crippen LogP contribution in [0.25, 0.3) is 196 Å². The average molecular weight is 1340 g/mol. The van der Waals surface area contributed by atoms with Crippen molar-refractivity contribution in [2.75, 3.05) is 0 Å². The number of thiophene rings is 2. The summed E-state index contributed by atoms with van der Waals surface area (Å²) in [6, 6.07) is 115. The zero-order valence-corrected chi connectivity index (χ0v) is 56.1. The summed E-state index contributed by atoms with van der Waals surface area (Å²) in [5.74, 6) is 3.74. The van der Waals surface area contributed by atoms with E-state index < -0.39 is 0 Å². The summed E-state index contributed by atoms with van der Waals surface area (Å²) >= 11 is 3.61. The topological polar surface area (TPSA) is 97.1 Å². The summed E-state index contributed by atoms with van der Waals surface area (Å²) < 4.78 is 14.2. The average Bonchev–Trinajstić information content (AvgIpc) is 1.55. The molecule has 12 heteroatoms. The Morgan fingerprint density at radius 3 is 1.12 bits per heavy atom. The van der Waals surface area contributed by atoms with Crippen molar-refractivity contribution in [2.45, 2.75) is 0 Å². The minimum Gasteiger partial charge on any atom is -0.309 e. The number of hydrogen-bond acceptors (Lipinski definition) is 8. The van der Waals surface area contributed by atoms with E-state index in [0.29, 0.717) is 35.2 Å². The third kappa shape index (κ3) is 9.03. The molecule has 0 aliphatic carbocycles. The molecule has 0 aliphatic rings. The second kappa shape index (κ2) is 23.2. The van der Waals surface area contributed by atoms with Crippen LogP contribution in [0.4, 0.5) is 0 Å². The quantitative estimate of drug-likeness (QED) is 0.150. The SMILES string of the molecule is c1ccc(-c2nc(-c3ccc4sc5ccccc5c4c3)nc(-n3c4ccccc4c4ccc5c(c6ccccc6n5-c5ccccc5)c43)n2)cc1.c1ccc(-c2nc(-c3cccc4sc5ccccc5c34)nc(-n3c4ccccc4c4ccc5c(c6ccccc6n5-c5ccccc5)c43)n2)cc1. The molecule has 476 valence electrons. The molecule has 8 heterocycles. The number of benzene rings is 14. The fourth-order valence-electron chi connectivity index (χ4n) is 15.6. The van der Waals surface area contributed by atoms with E-state index in [0.717, 1.165) is 110 Å². The maximum absolute atomic E-state index is 5.40. The Labute approximate surface area is 590 Å². The van der Waals surface area contributed by atoms with Gasteiger partial charge in [0.15, 0.2) is 23.3 Å². The highest BCUT2D eigenvalue weighted by Gasteiger charge is 2.27. The first-order chi connectivity index (χ1) is 50.6. The van der Waals surface area contributed by atoms with Gasteiger partial charge in [-0.2, -0.15) is 19.9 Å². The fourth-order valence-corrected chi connectivity index (χ4v) is 17.8.